The van der Waals surface area contributed by atoms with Crippen molar-refractivity contribution in [3.8, 4) is 11.5 Å². The van der Waals surface area contributed by atoms with Gasteiger partial charge < -0.3 is 14.4 Å². The van der Waals surface area contributed by atoms with Crippen molar-refractivity contribution in [1.82, 2.24) is 0 Å². The quantitative estimate of drug-likeness (QED) is 0.352. The molecule has 0 heterocycles. The van der Waals surface area contributed by atoms with Gasteiger partial charge in [-0.3, -0.25) is 4.57 Å². The van der Waals surface area contributed by atoms with Crippen LogP contribution in [0, 0.1) is 11.8 Å². The minimum atomic E-state index is -3.10. The highest BCUT2D eigenvalue weighted by Crippen LogP contribution is 2.51. The van der Waals surface area contributed by atoms with Crippen LogP contribution in [-0.4, -0.2) is 31.4 Å². The third kappa shape index (κ3) is 6.60. The van der Waals surface area contributed by atoms with Crippen molar-refractivity contribution in [1.29, 1.82) is 0 Å². The smallest absolute Gasteiger partial charge is 0.264 e. The van der Waals surface area contributed by atoms with E-state index in [2.05, 4.69) is 0 Å². The van der Waals surface area contributed by atoms with Crippen LogP contribution in [0.3, 0.4) is 0 Å². The fourth-order valence-electron chi connectivity index (χ4n) is 5.31. The van der Waals surface area contributed by atoms with Crippen molar-refractivity contribution in [2.45, 2.75) is 56.8 Å². The molecule has 2 unspecified atom stereocenters. The molecule has 2 saturated carbocycles. The highest BCUT2D eigenvalue weighted by atomic mass is 31.2. The molecule has 1 N–H and O–H groups in total. The van der Waals surface area contributed by atoms with E-state index in [-0.39, 0.29) is 17.4 Å². The first-order chi connectivity index (χ1) is 16.2. The molecule has 2 aromatic rings. The van der Waals surface area contributed by atoms with Crippen LogP contribution in [0.2, 0.25) is 0 Å². The largest absolute Gasteiger partial charge is 0.497 e. The third-order valence-electron chi connectivity index (χ3n) is 7.31. The first kappa shape index (κ1) is 25.2. The minimum absolute atomic E-state index is 0.103. The van der Waals surface area contributed by atoms with Gasteiger partial charge in [-0.1, -0.05) is 12.1 Å². The van der Waals surface area contributed by atoms with Gasteiger partial charge in [0, 0.05) is 18.4 Å². The highest BCUT2D eigenvalue weighted by molar-refractivity contribution is 7.57. The van der Waals surface area contributed by atoms with E-state index in [1.807, 2.05) is 24.3 Å². The Balaban J connectivity index is 1.34. The van der Waals surface area contributed by atoms with Crippen LogP contribution in [-0.2, 0) is 4.57 Å². The summed E-state index contributed by atoms with van der Waals surface area (Å²) in [6, 6.07) is 12.8. The Bertz CT molecular complexity index is 1010. The van der Waals surface area contributed by atoms with Crippen molar-refractivity contribution >= 4 is 7.37 Å². The lowest BCUT2D eigenvalue weighted by Gasteiger charge is -2.30. The predicted octanol–water partition coefficient (Wildman–Crippen LogP) is 7.38. The van der Waals surface area contributed by atoms with E-state index in [0.717, 1.165) is 49.8 Å². The molecule has 0 bridgehead atoms. The molecule has 2 aromatic carbocycles. The molecule has 4 rings (SSSR count). The molecule has 0 amide bonds. The van der Waals surface area contributed by atoms with E-state index in [0.29, 0.717) is 35.9 Å². The number of halogens is 2. The fraction of sp³-hybridized carbons (Fsp3) is 0.556. The maximum Gasteiger partial charge on any atom is 0.264 e. The number of benzene rings is 2. The van der Waals surface area contributed by atoms with Crippen LogP contribution in [0.25, 0.3) is 0 Å². The average molecular weight is 493 g/mol. The average Bonchev–Trinajstić information content (AvgIpc) is 3.66. The number of hydrogen-bond donors (Lipinski definition) is 1. The van der Waals surface area contributed by atoms with Crippen LogP contribution in [0.1, 0.15) is 73.5 Å². The standard InChI is InChI=1S/C27H35F2O4P/c1-32-22-12-13-24(27(28)29)25(15-22)19-8-6-18(7-9-19)16-33-23-5-3-4-21(14-23)26(20-10-11-20)17-34(2,30)31/h3-5,12-15,18-20,26-27H,6-11,16-17H2,1-2H3,(H,30,31). The maximum atomic E-state index is 13.5. The first-order valence-corrected chi connectivity index (χ1v) is 14.5. The molecule has 2 aliphatic carbocycles. The molecule has 0 radical (unpaired) electrons. The summed E-state index contributed by atoms with van der Waals surface area (Å²) in [5.74, 6) is 2.50. The molecule has 186 valence electrons. The molecule has 7 heteroatoms. The Hall–Kier alpha value is -1.91. The number of rotatable bonds is 10. The molecule has 0 aromatic heterocycles. The van der Waals surface area contributed by atoms with Gasteiger partial charge in [0.1, 0.15) is 11.5 Å². The molecular weight excluding hydrogens is 457 g/mol. The number of hydrogen-bond acceptors (Lipinski definition) is 3. The van der Waals surface area contributed by atoms with E-state index in [1.54, 1.807) is 19.2 Å². The van der Waals surface area contributed by atoms with Crippen molar-refractivity contribution in [2.24, 2.45) is 11.8 Å². The SMILES string of the molecule is COc1ccc(C(F)F)c(C2CCC(COc3cccc(C(CP(C)(=O)O)C4CC4)c3)CC2)c1. The Labute approximate surface area is 201 Å². The van der Waals surface area contributed by atoms with Crippen molar-refractivity contribution in [3.05, 3.63) is 59.2 Å². The lowest BCUT2D eigenvalue weighted by molar-refractivity contribution is 0.148. The molecule has 4 nitrogen and oxygen atoms in total. The number of methoxy groups -OCH3 is 1. The zero-order chi connectivity index (χ0) is 24.3. The predicted molar refractivity (Wildman–Crippen MR) is 131 cm³/mol. The van der Waals surface area contributed by atoms with Crippen LogP contribution >= 0.6 is 7.37 Å². The molecule has 2 fully saturated rings. The molecular formula is C27H35F2O4P. The summed E-state index contributed by atoms with van der Waals surface area (Å²) < 4.78 is 50.5. The summed E-state index contributed by atoms with van der Waals surface area (Å²) in [7, 11) is -1.54. The second-order valence-corrected chi connectivity index (χ2v) is 12.5. The molecule has 2 aliphatic rings. The zero-order valence-corrected chi connectivity index (χ0v) is 20.9. The van der Waals surface area contributed by atoms with Crippen LogP contribution in [0.15, 0.2) is 42.5 Å². The van der Waals surface area contributed by atoms with E-state index < -0.39 is 13.8 Å². The summed E-state index contributed by atoms with van der Waals surface area (Å²) in [5.41, 5.74) is 1.91. The van der Waals surface area contributed by atoms with E-state index >= 15 is 0 Å². The van der Waals surface area contributed by atoms with Crippen molar-refractivity contribution in [2.75, 3.05) is 26.5 Å². The van der Waals surface area contributed by atoms with E-state index in [1.165, 1.54) is 12.7 Å². The third-order valence-corrected chi connectivity index (χ3v) is 8.38. The van der Waals surface area contributed by atoms with Gasteiger partial charge in [-0.05, 0) is 104 Å². The van der Waals surface area contributed by atoms with Crippen molar-refractivity contribution in [3.63, 3.8) is 0 Å². The number of ether oxygens (including phenoxy) is 2. The Morgan fingerprint density at radius 1 is 1.03 bits per heavy atom. The molecule has 0 saturated heterocycles. The Morgan fingerprint density at radius 2 is 1.76 bits per heavy atom. The van der Waals surface area contributed by atoms with E-state index in [4.69, 9.17) is 9.47 Å². The van der Waals surface area contributed by atoms with E-state index in [9.17, 15) is 18.2 Å². The van der Waals surface area contributed by atoms with Gasteiger partial charge in [0.2, 0.25) is 0 Å². The Morgan fingerprint density at radius 3 is 2.38 bits per heavy atom. The van der Waals surface area contributed by atoms with Crippen molar-refractivity contribution < 1.29 is 27.7 Å². The molecule has 2 atom stereocenters. The second-order valence-electron chi connectivity index (χ2n) is 10.1. The lowest BCUT2D eigenvalue weighted by atomic mass is 9.77. The second kappa shape index (κ2) is 10.8. The zero-order valence-electron chi connectivity index (χ0n) is 20.0. The lowest BCUT2D eigenvalue weighted by Crippen LogP contribution is -2.20. The Kier molecular flexibility index (Phi) is 7.99. The summed E-state index contributed by atoms with van der Waals surface area (Å²) >= 11 is 0. The van der Waals surface area contributed by atoms with Gasteiger partial charge in [-0.25, -0.2) is 8.78 Å². The molecule has 0 aliphatic heterocycles. The summed E-state index contributed by atoms with van der Waals surface area (Å²) in [5, 5.41) is 0. The summed E-state index contributed by atoms with van der Waals surface area (Å²) in [6.45, 7) is 2.03. The topological polar surface area (TPSA) is 55.8 Å². The summed E-state index contributed by atoms with van der Waals surface area (Å²) in [4.78, 5) is 9.93. The van der Waals surface area contributed by atoms with Crippen LogP contribution < -0.4 is 9.47 Å². The highest BCUT2D eigenvalue weighted by Gasteiger charge is 2.35. The number of alkyl halides is 2. The van der Waals surface area contributed by atoms with Gasteiger partial charge in [0.15, 0.2) is 7.37 Å². The minimum Gasteiger partial charge on any atom is -0.497 e. The van der Waals surface area contributed by atoms with Crippen LogP contribution in [0.5, 0.6) is 11.5 Å². The van der Waals surface area contributed by atoms with Gasteiger partial charge >= 0.3 is 0 Å². The van der Waals surface area contributed by atoms with Crippen LogP contribution in [0.4, 0.5) is 8.78 Å². The monoisotopic (exact) mass is 492 g/mol. The van der Waals surface area contributed by atoms with Gasteiger partial charge in [-0.2, -0.15) is 0 Å². The maximum absolute atomic E-state index is 13.5. The van der Waals surface area contributed by atoms with Gasteiger partial charge in [0.25, 0.3) is 6.43 Å². The first-order valence-electron chi connectivity index (χ1n) is 12.2. The van der Waals surface area contributed by atoms with Gasteiger partial charge in [0.05, 0.1) is 13.7 Å². The van der Waals surface area contributed by atoms with Gasteiger partial charge in [-0.15, -0.1) is 0 Å². The molecule has 34 heavy (non-hydrogen) atoms. The molecule has 0 spiro atoms. The fourth-order valence-corrected chi connectivity index (χ4v) is 6.55. The normalized spacial score (nSPS) is 23.4. The summed E-state index contributed by atoms with van der Waals surface area (Å²) in [6.07, 6.45) is 3.62.